The first-order valence-electron chi connectivity index (χ1n) is 8.95. The summed E-state index contributed by atoms with van der Waals surface area (Å²) in [7, 11) is 0. The lowest BCUT2D eigenvalue weighted by Crippen LogP contribution is -2.23. The first-order chi connectivity index (χ1) is 12.5. The maximum atomic E-state index is 12.6. The zero-order valence-electron chi connectivity index (χ0n) is 15.4. The molecule has 0 radical (unpaired) electrons. The number of fused-ring (bicyclic) bond motifs is 1. The van der Waals surface area contributed by atoms with E-state index in [0.29, 0.717) is 10.6 Å². The van der Waals surface area contributed by atoms with Crippen LogP contribution >= 0.6 is 11.8 Å². The van der Waals surface area contributed by atoms with Crippen LogP contribution in [0.1, 0.15) is 47.7 Å². The molecule has 1 aliphatic carbocycles. The van der Waals surface area contributed by atoms with Crippen LogP contribution in [0.2, 0.25) is 0 Å². The van der Waals surface area contributed by atoms with Crippen molar-refractivity contribution in [3.8, 4) is 6.07 Å². The van der Waals surface area contributed by atoms with E-state index in [9.17, 15) is 10.1 Å². The number of rotatable bonds is 4. The number of benzene rings is 1. The maximum Gasteiger partial charge on any atom is 0.237 e. The van der Waals surface area contributed by atoms with Crippen molar-refractivity contribution >= 4 is 23.4 Å². The number of carbonyl (C=O) groups is 1. The van der Waals surface area contributed by atoms with Crippen LogP contribution in [0.15, 0.2) is 29.3 Å². The highest BCUT2D eigenvalue weighted by Crippen LogP contribution is 2.30. The SMILES string of the molecule is Cc1ccc(NC(=O)C(C)Sc2nc3c(cc2C#N)CCCC3)c(C)c1. The zero-order chi connectivity index (χ0) is 18.7. The number of nitriles is 1. The van der Waals surface area contributed by atoms with Crippen LogP contribution in [-0.4, -0.2) is 16.1 Å². The summed E-state index contributed by atoms with van der Waals surface area (Å²) < 4.78 is 0. The third-order valence-electron chi connectivity index (χ3n) is 4.68. The second-order valence-electron chi connectivity index (χ2n) is 6.83. The predicted molar refractivity (Wildman–Crippen MR) is 105 cm³/mol. The summed E-state index contributed by atoms with van der Waals surface area (Å²) in [6.45, 7) is 5.87. The second-order valence-corrected chi connectivity index (χ2v) is 8.16. The first kappa shape index (κ1) is 18.5. The molecule has 0 saturated carbocycles. The Balaban J connectivity index is 1.75. The molecule has 2 aromatic rings. The van der Waals surface area contributed by atoms with E-state index in [-0.39, 0.29) is 11.2 Å². The third kappa shape index (κ3) is 4.08. The molecule has 5 heteroatoms. The summed E-state index contributed by atoms with van der Waals surface area (Å²) in [5.74, 6) is -0.0784. The smallest absolute Gasteiger partial charge is 0.237 e. The molecule has 0 fully saturated rings. The monoisotopic (exact) mass is 365 g/mol. The number of aryl methyl sites for hydroxylation is 4. The number of nitrogens with one attached hydrogen (secondary N) is 1. The average molecular weight is 366 g/mol. The molecular formula is C21H23N3OS. The van der Waals surface area contributed by atoms with Gasteiger partial charge in [-0.15, -0.1) is 0 Å². The van der Waals surface area contributed by atoms with Crippen molar-refractivity contribution < 1.29 is 4.79 Å². The lowest BCUT2D eigenvalue weighted by atomic mass is 9.95. The van der Waals surface area contributed by atoms with Crippen LogP contribution in [0.4, 0.5) is 5.69 Å². The summed E-state index contributed by atoms with van der Waals surface area (Å²) in [5.41, 5.74) is 5.87. The quantitative estimate of drug-likeness (QED) is 0.806. The van der Waals surface area contributed by atoms with Crippen LogP contribution in [-0.2, 0) is 17.6 Å². The minimum Gasteiger partial charge on any atom is -0.325 e. The minimum absolute atomic E-state index is 0.0784. The van der Waals surface area contributed by atoms with Gasteiger partial charge in [-0.05, 0) is 69.7 Å². The number of hydrogen-bond acceptors (Lipinski definition) is 4. The topological polar surface area (TPSA) is 65.8 Å². The molecule has 1 amide bonds. The molecule has 26 heavy (non-hydrogen) atoms. The van der Waals surface area contributed by atoms with E-state index >= 15 is 0 Å². The Labute approximate surface area is 159 Å². The predicted octanol–water partition coefficient (Wildman–Crippen LogP) is 4.57. The van der Waals surface area contributed by atoms with Crippen molar-refractivity contribution in [3.05, 3.63) is 52.2 Å². The lowest BCUT2D eigenvalue weighted by Gasteiger charge is -2.18. The van der Waals surface area contributed by atoms with Crippen LogP contribution in [0, 0.1) is 25.2 Å². The van der Waals surface area contributed by atoms with E-state index in [1.54, 1.807) is 0 Å². The molecule has 0 spiro atoms. The normalized spacial score (nSPS) is 14.2. The van der Waals surface area contributed by atoms with Gasteiger partial charge in [0, 0.05) is 11.4 Å². The number of thioether (sulfide) groups is 1. The molecule has 0 saturated heterocycles. The molecule has 1 aliphatic rings. The highest BCUT2D eigenvalue weighted by atomic mass is 32.2. The van der Waals surface area contributed by atoms with Crippen LogP contribution in [0.5, 0.6) is 0 Å². The Morgan fingerprint density at radius 2 is 2.04 bits per heavy atom. The van der Waals surface area contributed by atoms with Gasteiger partial charge in [-0.25, -0.2) is 4.98 Å². The zero-order valence-corrected chi connectivity index (χ0v) is 16.2. The van der Waals surface area contributed by atoms with Gasteiger partial charge >= 0.3 is 0 Å². The van der Waals surface area contributed by atoms with E-state index in [4.69, 9.17) is 4.98 Å². The van der Waals surface area contributed by atoms with E-state index in [1.165, 1.54) is 22.9 Å². The molecule has 4 nitrogen and oxygen atoms in total. The van der Waals surface area contributed by atoms with Gasteiger partial charge in [-0.3, -0.25) is 4.79 Å². The fourth-order valence-corrected chi connectivity index (χ4v) is 4.09. The Morgan fingerprint density at radius 1 is 1.27 bits per heavy atom. The van der Waals surface area contributed by atoms with Gasteiger partial charge in [0.2, 0.25) is 5.91 Å². The number of amides is 1. The Bertz CT molecular complexity index is 886. The van der Waals surface area contributed by atoms with Gasteiger partial charge in [0.1, 0.15) is 11.1 Å². The van der Waals surface area contributed by atoms with E-state index < -0.39 is 0 Å². The Kier molecular flexibility index (Phi) is 5.63. The highest BCUT2D eigenvalue weighted by Gasteiger charge is 2.21. The van der Waals surface area contributed by atoms with Crippen molar-refractivity contribution in [3.63, 3.8) is 0 Å². The van der Waals surface area contributed by atoms with E-state index in [1.807, 2.05) is 45.0 Å². The molecule has 1 aromatic carbocycles. The lowest BCUT2D eigenvalue weighted by molar-refractivity contribution is -0.115. The highest BCUT2D eigenvalue weighted by molar-refractivity contribution is 8.00. The number of aromatic nitrogens is 1. The van der Waals surface area contributed by atoms with Crippen molar-refractivity contribution in [2.24, 2.45) is 0 Å². The van der Waals surface area contributed by atoms with Crippen LogP contribution in [0.25, 0.3) is 0 Å². The largest absolute Gasteiger partial charge is 0.325 e. The molecular weight excluding hydrogens is 342 g/mol. The molecule has 0 aliphatic heterocycles. The number of nitrogens with zero attached hydrogens (tertiary/aromatic N) is 2. The molecule has 1 heterocycles. The third-order valence-corrected chi connectivity index (χ3v) is 5.79. The van der Waals surface area contributed by atoms with Crippen molar-refractivity contribution in [1.29, 1.82) is 5.26 Å². The maximum absolute atomic E-state index is 12.6. The molecule has 0 bridgehead atoms. The van der Waals surface area contributed by atoms with Crippen LogP contribution < -0.4 is 5.32 Å². The summed E-state index contributed by atoms with van der Waals surface area (Å²) in [5, 5.41) is 12.8. The summed E-state index contributed by atoms with van der Waals surface area (Å²) in [4.78, 5) is 17.3. The molecule has 3 rings (SSSR count). The first-order valence-corrected chi connectivity index (χ1v) is 9.83. The molecule has 1 atom stereocenters. The standard InChI is InChI=1S/C21H23N3OS/c1-13-8-9-18(14(2)10-13)23-20(25)15(3)26-21-17(12-22)11-16-6-4-5-7-19(16)24-21/h8-11,15H,4-7H2,1-3H3,(H,23,25). The fourth-order valence-electron chi connectivity index (χ4n) is 3.19. The molecule has 1 unspecified atom stereocenters. The Morgan fingerprint density at radius 3 is 2.77 bits per heavy atom. The van der Waals surface area contributed by atoms with E-state index in [0.717, 1.165) is 42.6 Å². The second kappa shape index (κ2) is 7.92. The number of anilines is 1. The van der Waals surface area contributed by atoms with Crippen molar-refractivity contribution in [2.45, 2.75) is 56.7 Å². The molecule has 1 N–H and O–H groups in total. The van der Waals surface area contributed by atoms with Crippen molar-refractivity contribution in [1.82, 2.24) is 4.98 Å². The average Bonchev–Trinajstić information content (AvgIpc) is 2.63. The summed E-state index contributed by atoms with van der Waals surface area (Å²) in [6, 6.07) is 10.2. The molecule has 1 aromatic heterocycles. The van der Waals surface area contributed by atoms with Gasteiger partial charge in [0.05, 0.1) is 10.8 Å². The Hall–Kier alpha value is -2.32. The number of hydrogen-bond donors (Lipinski definition) is 1. The van der Waals surface area contributed by atoms with E-state index in [2.05, 4.69) is 11.4 Å². The fraction of sp³-hybridized carbons (Fsp3) is 0.381. The van der Waals surface area contributed by atoms with Crippen LogP contribution in [0.3, 0.4) is 0 Å². The molecule has 134 valence electrons. The van der Waals surface area contributed by atoms with Gasteiger partial charge < -0.3 is 5.32 Å². The van der Waals surface area contributed by atoms with Gasteiger partial charge in [0.25, 0.3) is 0 Å². The number of pyridine rings is 1. The van der Waals surface area contributed by atoms with Gasteiger partial charge in [-0.1, -0.05) is 29.5 Å². The summed E-state index contributed by atoms with van der Waals surface area (Å²) in [6.07, 6.45) is 4.24. The summed E-state index contributed by atoms with van der Waals surface area (Å²) >= 11 is 1.36. The number of carbonyl (C=O) groups excluding carboxylic acids is 1. The minimum atomic E-state index is -0.336. The van der Waals surface area contributed by atoms with Crippen molar-refractivity contribution in [2.75, 3.05) is 5.32 Å². The van der Waals surface area contributed by atoms with Gasteiger partial charge in [0.15, 0.2) is 0 Å². The van der Waals surface area contributed by atoms with Gasteiger partial charge in [-0.2, -0.15) is 5.26 Å².